The first-order chi connectivity index (χ1) is 10.1. The van der Waals surface area contributed by atoms with E-state index in [2.05, 4.69) is 55.3 Å². The Morgan fingerprint density at radius 1 is 1.14 bits per heavy atom. The fourth-order valence-corrected chi connectivity index (χ4v) is 4.14. The van der Waals surface area contributed by atoms with Crippen molar-refractivity contribution >= 4 is 5.69 Å². The fourth-order valence-electron chi connectivity index (χ4n) is 4.14. The minimum atomic E-state index is 0.370. The molecule has 1 atom stereocenters. The van der Waals surface area contributed by atoms with Crippen LogP contribution in [0.3, 0.4) is 0 Å². The number of anilines is 1. The summed E-state index contributed by atoms with van der Waals surface area (Å²) in [4.78, 5) is 2.68. The lowest BCUT2D eigenvalue weighted by Crippen LogP contribution is -2.64. The molecule has 1 saturated heterocycles. The van der Waals surface area contributed by atoms with Crippen molar-refractivity contribution in [2.24, 2.45) is 0 Å². The highest BCUT2D eigenvalue weighted by atomic mass is 15.3. The summed E-state index contributed by atoms with van der Waals surface area (Å²) >= 11 is 0. The van der Waals surface area contributed by atoms with Crippen LogP contribution in [0, 0.1) is 0 Å². The van der Waals surface area contributed by atoms with E-state index in [1.165, 1.54) is 49.9 Å². The molecule has 2 fully saturated rings. The quantitative estimate of drug-likeness (QED) is 0.871. The summed E-state index contributed by atoms with van der Waals surface area (Å²) < 4.78 is 0. The van der Waals surface area contributed by atoms with E-state index >= 15 is 0 Å². The lowest BCUT2D eigenvalue weighted by molar-refractivity contribution is 0.200. The average Bonchev–Trinajstić information content (AvgIpc) is 2.51. The van der Waals surface area contributed by atoms with E-state index in [-0.39, 0.29) is 0 Å². The van der Waals surface area contributed by atoms with Gasteiger partial charge in [0.2, 0.25) is 0 Å². The molecule has 1 aliphatic heterocycles. The van der Waals surface area contributed by atoms with E-state index < -0.39 is 0 Å². The number of nitrogens with one attached hydrogen (secondary N) is 1. The highest BCUT2D eigenvalue weighted by Gasteiger charge is 2.39. The van der Waals surface area contributed by atoms with Gasteiger partial charge in [-0.1, -0.05) is 51.3 Å². The third-order valence-corrected chi connectivity index (χ3v) is 5.46. The second-order valence-corrected chi connectivity index (χ2v) is 7.41. The van der Waals surface area contributed by atoms with Crippen LogP contribution in [0.1, 0.15) is 64.4 Å². The Kier molecular flexibility index (Phi) is 4.26. The number of piperazine rings is 1. The van der Waals surface area contributed by atoms with E-state index in [1.54, 1.807) is 0 Å². The molecule has 116 valence electrons. The Balaban J connectivity index is 1.89. The number of hydrogen-bond donors (Lipinski definition) is 1. The van der Waals surface area contributed by atoms with Crippen LogP contribution in [0.25, 0.3) is 0 Å². The van der Waals surface area contributed by atoms with Gasteiger partial charge in [0.15, 0.2) is 0 Å². The van der Waals surface area contributed by atoms with Gasteiger partial charge in [0.25, 0.3) is 0 Å². The van der Waals surface area contributed by atoms with Gasteiger partial charge in [0.1, 0.15) is 0 Å². The molecule has 1 aromatic carbocycles. The van der Waals surface area contributed by atoms with Crippen molar-refractivity contribution in [1.29, 1.82) is 0 Å². The lowest BCUT2D eigenvalue weighted by Gasteiger charge is -2.50. The van der Waals surface area contributed by atoms with Crippen molar-refractivity contribution < 1.29 is 0 Å². The normalized spacial score (nSPS) is 25.5. The lowest BCUT2D eigenvalue weighted by atomic mass is 9.79. The van der Waals surface area contributed by atoms with Crippen LogP contribution < -0.4 is 10.2 Å². The van der Waals surface area contributed by atoms with Crippen LogP contribution in [0.15, 0.2) is 24.3 Å². The molecule has 2 heteroatoms. The molecule has 3 rings (SSSR count). The van der Waals surface area contributed by atoms with Crippen LogP contribution in [-0.2, 0) is 0 Å². The summed E-state index contributed by atoms with van der Waals surface area (Å²) in [6, 6.07) is 9.60. The monoisotopic (exact) mass is 286 g/mol. The van der Waals surface area contributed by atoms with Gasteiger partial charge in [0, 0.05) is 30.4 Å². The maximum Gasteiger partial charge on any atom is 0.0404 e. The average molecular weight is 286 g/mol. The van der Waals surface area contributed by atoms with Gasteiger partial charge in [-0.05, 0) is 37.3 Å². The molecular formula is C19H30N2. The molecule has 1 N–H and O–H groups in total. The highest BCUT2D eigenvalue weighted by molar-refractivity contribution is 5.56. The first-order valence-corrected chi connectivity index (χ1v) is 8.72. The molecular weight excluding hydrogens is 256 g/mol. The Morgan fingerprint density at radius 2 is 1.86 bits per heavy atom. The molecule has 0 radical (unpaired) electrons. The largest absolute Gasteiger partial charge is 0.365 e. The molecule has 1 aliphatic carbocycles. The van der Waals surface area contributed by atoms with Crippen molar-refractivity contribution in [3.8, 4) is 0 Å². The zero-order valence-electron chi connectivity index (χ0n) is 13.9. The van der Waals surface area contributed by atoms with E-state index in [4.69, 9.17) is 0 Å². The number of rotatable bonds is 2. The molecule has 0 amide bonds. The zero-order chi connectivity index (χ0) is 14.9. The van der Waals surface area contributed by atoms with E-state index in [1.807, 2.05) is 0 Å². The van der Waals surface area contributed by atoms with Crippen molar-refractivity contribution in [2.45, 2.75) is 70.4 Å². The molecule has 1 saturated carbocycles. The first-order valence-electron chi connectivity index (χ1n) is 8.72. The van der Waals surface area contributed by atoms with Crippen LogP contribution in [0.2, 0.25) is 0 Å². The highest BCUT2D eigenvalue weighted by Crippen LogP contribution is 2.36. The van der Waals surface area contributed by atoms with E-state index in [9.17, 15) is 0 Å². The van der Waals surface area contributed by atoms with Crippen LogP contribution >= 0.6 is 0 Å². The third kappa shape index (κ3) is 2.96. The summed E-state index contributed by atoms with van der Waals surface area (Å²) in [5.74, 6) is 0.589. The standard InChI is InChI=1S/C19H30N2/c1-15(2)17-9-5-6-10-18(17)21-14-19(20-13-16(21)3)11-7-4-8-12-19/h5-6,9-10,15-16,20H,4,7-8,11-14H2,1-3H3. The second-order valence-electron chi connectivity index (χ2n) is 7.41. The number of nitrogens with zero attached hydrogens (tertiary/aromatic N) is 1. The van der Waals surface area contributed by atoms with Crippen molar-refractivity contribution in [2.75, 3.05) is 18.0 Å². The Bertz CT molecular complexity index is 474. The molecule has 1 spiro atoms. The molecule has 21 heavy (non-hydrogen) atoms. The fraction of sp³-hybridized carbons (Fsp3) is 0.684. The van der Waals surface area contributed by atoms with Gasteiger partial charge >= 0.3 is 0 Å². The maximum absolute atomic E-state index is 3.89. The summed E-state index contributed by atoms with van der Waals surface area (Å²) in [7, 11) is 0. The molecule has 0 bridgehead atoms. The number of benzene rings is 1. The van der Waals surface area contributed by atoms with Gasteiger partial charge in [-0.3, -0.25) is 0 Å². The zero-order valence-corrected chi connectivity index (χ0v) is 13.9. The predicted octanol–water partition coefficient (Wildman–Crippen LogP) is 4.31. The maximum atomic E-state index is 3.89. The summed E-state index contributed by atoms with van der Waals surface area (Å²) in [5, 5.41) is 3.89. The SMILES string of the molecule is CC(C)c1ccccc1N1CC2(CCCCC2)NCC1C. The van der Waals surface area contributed by atoms with E-state index in [0.717, 1.165) is 6.54 Å². The van der Waals surface area contributed by atoms with Gasteiger partial charge < -0.3 is 10.2 Å². The molecule has 2 aliphatic rings. The van der Waals surface area contributed by atoms with Gasteiger partial charge in [0.05, 0.1) is 0 Å². The van der Waals surface area contributed by atoms with Crippen LogP contribution in [0.4, 0.5) is 5.69 Å². The Hall–Kier alpha value is -1.02. The topological polar surface area (TPSA) is 15.3 Å². The number of hydrogen-bond acceptors (Lipinski definition) is 2. The second kappa shape index (κ2) is 6.00. The van der Waals surface area contributed by atoms with Crippen LogP contribution in [0.5, 0.6) is 0 Å². The van der Waals surface area contributed by atoms with Crippen molar-refractivity contribution in [3.63, 3.8) is 0 Å². The van der Waals surface area contributed by atoms with E-state index in [0.29, 0.717) is 17.5 Å². The van der Waals surface area contributed by atoms with Gasteiger partial charge in [-0.15, -0.1) is 0 Å². The summed E-state index contributed by atoms with van der Waals surface area (Å²) in [6.45, 7) is 9.27. The summed E-state index contributed by atoms with van der Waals surface area (Å²) in [6.07, 6.45) is 6.89. The minimum Gasteiger partial charge on any atom is -0.365 e. The van der Waals surface area contributed by atoms with Gasteiger partial charge in [-0.25, -0.2) is 0 Å². The number of para-hydroxylation sites is 1. The first kappa shape index (κ1) is 14.9. The molecule has 2 nitrogen and oxygen atoms in total. The molecule has 1 aromatic rings. The molecule has 0 aromatic heterocycles. The smallest absolute Gasteiger partial charge is 0.0404 e. The Morgan fingerprint density at radius 3 is 2.57 bits per heavy atom. The van der Waals surface area contributed by atoms with Crippen LogP contribution in [-0.4, -0.2) is 24.7 Å². The third-order valence-electron chi connectivity index (χ3n) is 5.46. The van der Waals surface area contributed by atoms with Gasteiger partial charge in [-0.2, -0.15) is 0 Å². The Labute approximate surface area is 129 Å². The predicted molar refractivity (Wildman–Crippen MR) is 91.2 cm³/mol. The van der Waals surface area contributed by atoms with Crippen molar-refractivity contribution in [1.82, 2.24) is 5.32 Å². The molecule has 1 heterocycles. The minimum absolute atomic E-state index is 0.370. The molecule has 1 unspecified atom stereocenters. The van der Waals surface area contributed by atoms with Crippen molar-refractivity contribution in [3.05, 3.63) is 29.8 Å². The summed E-state index contributed by atoms with van der Waals surface area (Å²) in [5.41, 5.74) is 3.33.